The Morgan fingerprint density at radius 2 is 1.86 bits per heavy atom. The summed E-state index contributed by atoms with van der Waals surface area (Å²) in [6, 6.07) is 17.1. The van der Waals surface area contributed by atoms with Crippen molar-refractivity contribution >= 4 is 21.8 Å². The lowest BCUT2D eigenvalue weighted by atomic mass is 10.1. The van der Waals surface area contributed by atoms with Crippen molar-refractivity contribution in [3.8, 4) is 17.1 Å². The van der Waals surface area contributed by atoms with Crippen LogP contribution in [0.1, 0.15) is 22.1 Å². The van der Waals surface area contributed by atoms with Crippen LogP contribution in [0.2, 0.25) is 0 Å². The lowest BCUT2D eigenvalue weighted by Crippen LogP contribution is -2.34. The molecule has 3 aromatic rings. The Morgan fingerprint density at radius 3 is 2.46 bits per heavy atom. The van der Waals surface area contributed by atoms with Gasteiger partial charge in [-0.15, -0.1) is 0 Å². The van der Waals surface area contributed by atoms with Crippen molar-refractivity contribution in [3.63, 3.8) is 0 Å². The minimum absolute atomic E-state index is 0.0210. The van der Waals surface area contributed by atoms with Crippen LogP contribution < -0.4 is 10.1 Å². The van der Waals surface area contributed by atoms with Crippen LogP contribution in [0.4, 0.5) is 0 Å². The highest BCUT2D eigenvalue weighted by Gasteiger charge is 2.18. The summed E-state index contributed by atoms with van der Waals surface area (Å²) in [6.07, 6.45) is 0. The second-order valence-corrected chi connectivity index (χ2v) is 7.46. The van der Waals surface area contributed by atoms with E-state index in [0.29, 0.717) is 12.3 Å². The van der Waals surface area contributed by atoms with Gasteiger partial charge in [-0.2, -0.15) is 0 Å². The fraction of sp³-hybridized carbons (Fsp3) is 0.238. The largest absolute Gasteiger partial charge is 0.497 e. The van der Waals surface area contributed by atoms with Gasteiger partial charge in [-0.3, -0.25) is 4.79 Å². The fourth-order valence-corrected chi connectivity index (χ4v) is 3.10. The molecule has 0 spiro atoms. The molecule has 0 aliphatic rings. The van der Waals surface area contributed by atoms with Crippen molar-refractivity contribution in [3.05, 3.63) is 70.3 Å². The fourth-order valence-electron chi connectivity index (χ4n) is 2.84. The van der Waals surface area contributed by atoms with E-state index in [1.807, 2.05) is 62.6 Å². The number of carbonyl (C=O) groups is 1. The molecule has 1 aromatic heterocycles. The van der Waals surface area contributed by atoms with Gasteiger partial charge in [0.2, 0.25) is 0 Å². The number of hydrogen-bond donors (Lipinski definition) is 1. The molecule has 6 nitrogen and oxygen atoms in total. The number of nitrogens with one attached hydrogen (secondary N) is 1. The number of ether oxygens (including phenoxy) is 1. The predicted octanol–water partition coefficient (Wildman–Crippen LogP) is 4.15. The van der Waals surface area contributed by atoms with Crippen molar-refractivity contribution in [1.29, 1.82) is 0 Å². The quantitative estimate of drug-likeness (QED) is 0.593. The van der Waals surface area contributed by atoms with E-state index in [2.05, 4.69) is 31.3 Å². The number of carbonyl (C=O) groups excluding carboxylic acids is 1. The Kier molecular flexibility index (Phi) is 6.49. The number of methoxy groups -OCH3 is 1. The Bertz CT molecular complexity index is 921. The normalized spacial score (nSPS) is 12.0. The molecule has 0 saturated carbocycles. The van der Waals surface area contributed by atoms with Crippen LogP contribution in [-0.2, 0) is 0 Å². The molecular formula is C21H22BrN3O3. The Morgan fingerprint density at radius 1 is 1.18 bits per heavy atom. The van der Waals surface area contributed by atoms with Crippen LogP contribution >= 0.6 is 15.9 Å². The van der Waals surface area contributed by atoms with Gasteiger partial charge in [0, 0.05) is 22.6 Å². The maximum Gasteiger partial charge on any atom is 0.273 e. The van der Waals surface area contributed by atoms with Crippen LogP contribution in [0, 0.1) is 0 Å². The average molecular weight is 444 g/mol. The van der Waals surface area contributed by atoms with Gasteiger partial charge >= 0.3 is 0 Å². The van der Waals surface area contributed by atoms with E-state index in [4.69, 9.17) is 9.26 Å². The zero-order valence-electron chi connectivity index (χ0n) is 16.0. The zero-order chi connectivity index (χ0) is 20.1. The number of nitrogens with zero attached hydrogens (tertiary/aromatic N) is 2. The minimum Gasteiger partial charge on any atom is -0.497 e. The number of rotatable bonds is 7. The molecule has 2 aromatic carbocycles. The molecule has 1 atom stereocenters. The topological polar surface area (TPSA) is 67.6 Å². The second kappa shape index (κ2) is 9.03. The molecule has 7 heteroatoms. The summed E-state index contributed by atoms with van der Waals surface area (Å²) in [4.78, 5) is 14.6. The molecule has 146 valence electrons. The van der Waals surface area contributed by atoms with Crippen LogP contribution in [0.25, 0.3) is 11.3 Å². The molecule has 0 aliphatic carbocycles. The highest BCUT2D eigenvalue weighted by molar-refractivity contribution is 9.10. The number of aromatic nitrogens is 1. The molecule has 1 heterocycles. The van der Waals surface area contributed by atoms with Crippen molar-refractivity contribution < 1.29 is 14.1 Å². The lowest BCUT2D eigenvalue weighted by Gasteiger charge is -2.25. The third-order valence-electron chi connectivity index (χ3n) is 4.45. The molecule has 0 saturated heterocycles. The van der Waals surface area contributed by atoms with E-state index in [1.165, 1.54) is 0 Å². The lowest BCUT2D eigenvalue weighted by molar-refractivity contribution is 0.0933. The van der Waals surface area contributed by atoms with Crippen LogP contribution in [0.3, 0.4) is 0 Å². The van der Waals surface area contributed by atoms with Crippen LogP contribution in [-0.4, -0.2) is 43.7 Å². The van der Waals surface area contributed by atoms with E-state index < -0.39 is 0 Å². The summed E-state index contributed by atoms with van der Waals surface area (Å²) in [6.45, 7) is 0.443. The monoisotopic (exact) mass is 443 g/mol. The minimum atomic E-state index is -0.271. The van der Waals surface area contributed by atoms with Gasteiger partial charge in [0.15, 0.2) is 11.5 Å². The summed E-state index contributed by atoms with van der Waals surface area (Å²) in [5, 5.41) is 6.84. The Balaban J connectivity index is 1.67. The van der Waals surface area contributed by atoms with E-state index in [1.54, 1.807) is 13.2 Å². The van der Waals surface area contributed by atoms with Gasteiger partial charge in [0.1, 0.15) is 5.75 Å². The van der Waals surface area contributed by atoms with E-state index in [9.17, 15) is 4.79 Å². The maximum atomic E-state index is 12.5. The summed E-state index contributed by atoms with van der Waals surface area (Å²) < 4.78 is 11.5. The molecule has 1 N–H and O–H groups in total. The first-order valence-electron chi connectivity index (χ1n) is 8.79. The molecule has 3 rings (SSSR count). The molecule has 0 bridgehead atoms. The first kappa shape index (κ1) is 20.1. The predicted molar refractivity (Wildman–Crippen MR) is 111 cm³/mol. The smallest absolute Gasteiger partial charge is 0.273 e. The third kappa shape index (κ3) is 4.79. The van der Waals surface area contributed by atoms with Gasteiger partial charge in [-0.25, -0.2) is 0 Å². The SMILES string of the molecule is COc1ccc([C@H](CNC(=O)c2cc(-c3ccc(Br)cc3)on2)N(C)C)cc1. The van der Waals surface area contributed by atoms with Crippen LogP contribution in [0.15, 0.2) is 63.6 Å². The van der Waals surface area contributed by atoms with Gasteiger partial charge in [0.05, 0.1) is 13.2 Å². The molecule has 0 aliphatic heterocycles. The average Bonchev–Trinajstić information content (AvgIpc) is 3.19. The van der Waals surface area contributed by atoms with Gasteiger partial charge < -0.3 is 19.5 Å². The van der Waals surface area contributed by atoms with Gasteiger partial charge in [-0.05, 0) is 43.9 Å². The van der Waals surface area contributed by atoms with Gasteiger partial charge in [-0.1, -0.05) is 45.4 Å². The highest BCUT2D eigenvalue weighted by Crippen LogP contribution is 2.23. The van der Waals surface area contributed by atoms with Crippen molar-refractivity contribution in [2.45, 2.75) is 6.04 Å². The molecule has 0 radical (unpaired) electrons. The number of benzene rings is 2. The first-order chi connectivity index (χ1) is 13.5. The summed E-state index contributed by atoms with van der Waals surface area (Å²) in [7, 11) is 5.59. The number of likely N-dealkylation sites (N-methyl/N-ethyl adjacent to an activating group) is 1. The maximum absolute atomic E-state index is 12.5. The van der Waals surface area contributed by atoms with E-state index in [0.717, 1.165) is 21.3 Å². The van der Waals surface area contributed by atoms with Crippen molar-refractivity contribution in [1.82, 2.24) is 15.4 Å². The molecular weight excluding hydrogens is 422 g/mol. The highest BCUT2D eigenvalue weighted by atomic mass is 79.9. The molecule has 1 amide bonds. The molecule has 0 fully saturated rings. The summed E-state index contributed by atoms with van der Waals surface area (Å²) in [5.74, 6) is 1.08. The Labute approximate surface area is 172 Å². The zero-order valence-corrected chi connectivity index (χ0v) is 17.6. The molecule has 0 unspecified atom stereocenters. The second-order valence-electron chi connectivity index (χ2n) is 6.55. The summed E-state index contributed by atoms with van der Waals surface area (Å²) >= 11 is 3.40. The Hall–Kier alpha value is -2.64. The van der Waals surface area contributed by atoms with Gasteiger partial charge in [0.25, 0.3) is 5.91 Å². The van der Waals surface area contributed by atoms with Crippen molar-refractivity contribution in [2.24, 2.45) is 0 Å². The number of amides is 1. The van der Waals surface area contributed by atoms with Crippen molar-refractivity contribution in [2.75, 3.05) is 27.7 Å². The molecule has 28 heavy (non-hydrogen) atoms. The third-order valence-corrected chi connectivity index (χ3v) is 4.98. The first-order valence-corrected chi connectivity index (χ1v) is 9.58. The number of hydrogen-bond acceptors (Lipinski definition) is 5. The summed E-state index contributed by atoms with van der Waals surface area (Å²) in [5.41, 5.74) is 2.20. The van der Waals surface area contributed by atoms with E-state index >= 15 is 0 Å². The number of halogens is 1. The van der Waals surface area contributed by atoms with E-state index in [-0.39, 0.29) is 17.6 Å². The van der Waals surface area contributed by atoms with Crippen LogP contribution in [0.5, 0.6) is 5.75 Å². The standard InChI is InChI=1S/C21H22BrN3O3/c1-25(2)19(14-6-10-17(27-3)11-7-14)13-23-21(26)18-12-20(28-24-18)15-4-8-16(22)9-5-15/h4-12,19H,13H2,1-3H3,(H,23,26)/t19-/m0/s1.